The fourth-order valence-corrected chi connectivity index (χ4v) is 6.44. The highest BCUT2D eigenvalue weighted by Crippen LogP contribution is 2.61. The van der Waals surface area contributed by atoms with E-state index in [2.05, 4.69) is 18.3 Å². The van der Waals surface area contributed by atoms with E-state index in [-0.39, 0.29) is 22.6 Å². The maximum Gasteiger partial charge on any atom is 0.380 e. The summed E-state index contributed by atoms with van der Waals surface area (Å²) >= 11 is 0. The monoisotopic (exact) mass is 432 g/mol. The number of benzene rings is 1. The molecule has 0 aliphatic heterocycles. The lowest BCUT2D eigenvalue weighted by Gasteiger charge is -2.50. The Balaban J connectivity index is 1.56. The van der Waals surface area contributed by atoms with Crippen molar-refractivity contribution >= 4 is 16.2 Å². The highest BCUT2D eigenvalue weighted by molar-refractivity contribution is 7.84. The van der Waals surface area contributed by atoms with Crippen molar-refractivity contribution < 1.29 is 17.4 Å². The molecule has 0 aromatic heterocycles. The topological polar surface area (TPSA) is 98.5 Å². The van der Waals surface area contributed by atoms with Gasteiger partial charge in [0.05, 0.1) is 0 Å². The van der Waals surface area contributed by atoms with Gasteiger partial charge < -0.3 is 9.50 Å². The molecule has 0 heterocycles. The number of carbonyl (C=O) groups excluding carboxylic acids is 1. The summed E-state index contributed by atoms with van der Waals surface area (Å²) in [5.74, 6) is 1.78. The minimum atomic E-state index is -4.02. The van der Waals surface area contributed by atoms with Crippen LogP contribution in [0.2, 0.25) is 0 Å². The molecule has 6 nitrogen and oxygen atoms in total. The first-order valence-corrected chi connectivity index (χ1v) is 12.2. The third-order valence-electron chi connectivity index (χ3n) is 7.22. The van der Waals surface area contributed by atoms with Crippen molar-refractivity contribution in [1.29, 1.82) is 0 Å². The van der Waals surface area contributed by atoms with Crippen LogP contribution in [0.15, 0.2) is 29.8 Å². The van der Waals surface area contributed by atoms with Crippen molar-refractivity contribution in [3.63, 3.8) is 0 Å². The second-order valence-electron chi connectivity index (χ2n) is 10.4. The Hall–Kier alpha value is -1.86. The number of nitrogens with two attached hydrogens (primary N) is 1. The van der Waals surface area contributed by atoms with Gasteiger partial charge in [0.15, 0.2) is 0 Å². The predicted octanol–water partition coefficient (Wildman–Crippen LogP) is 3.58. The Labute approximate surface area is 179 Å². The summed E-state index contributed by atoms with van der Waals surface area (Å²) in [5.41, 5.74) is 3.08. The van der Waals surface area contributed by atoms with Gasteiger partial charge in [-0.1, -0.05) is 19.1 Å². The number of aryl methyl sites for hydroxylation is 1. The van der Waals surface area contributed by atoms with Gasteiger partial charge in [-0.2, -0.15) is 13.6 Å². The second-order valence-corrected chi connectivity index (χ2v) is 11.5. The molecule has 3 aliphatic rings. The Morgan fingerprint density at radius 1 is 1.27 bits per heavy atom. The first-order chi connectivity index (χ1) is 13.9. The van der Waals surface area contributed by atoms with E-state index in [4.69, 9.17) is 9.32 Å². The van der Waals surface area contributed by atoms with Crippen molar-refractivity contribution in [2.75, 3.05) is 0 Å². The maximum absolute atomic E-state index is 13.0. The first kappa shape index (κ1) is 21.4. The third-order valence-corrected chi connectivity index (χ3v) is 7.65. The van der Waals surface area contributed by atoms with E-state index in [1.165, 1.54) is 5.56 Å². The van der Waals surface area contributed by atoms with Crippen LogP contribution in [0.5, 0.6) is 5.75 Å². The molecule has 0 spiro atoms. The van der Waals surface area contributed by atoms with E-state index in [9.17, 15) is 13.2 Å². The molecule has 164 valence electrons. The molecule has 0 radical (unpaired) electrons. The van der Waals surface area contributed by atoms with Crippen LogP contribution in [-0.4, -0.2) is 19.9 Å². The molecule has 0 bridgehead atoms. The van der Waals surface area contributed by atoms with Crippen LogP contribution >= 0.6 is 0 Å². The van der Waals surface area contributed by atoms with Gasteiger partial charge in [0.25, 0.3) is 0 Å². The fourth-order valence-electron chi connectivity index (χ4n) is 6.07. The lowest BCUT2D eigenvalue weighted by Crippen LogP contribution is -2.47. The molecule has 1 amide bonds. The summed E-state index contributed by atoms with van der Waals surface area (Å²) in [4.78, 5) is 13.0. The average Bonchev–Trinajstić information content (AvgIpc) is 2.96. The molecular weight excluding hydrogens is 400 g/mol. The van der Waals surface area contributed by atoms with Gasteiger partial charge in [-0.25, -0.2) is 0 Å². The molecule has 30 heavy (non-hydrogen) atoms. The Morgan fingerprint density at radius 3 is 2.67 bits per heavy atom. The molecule has 1 aromatic rings. The fraction of sp³-hybridized carbons (Fsp3) is 0.609. The van der Waals surface area contributed by atoms with Crippen LogP contribution in [0, 0.1) is 17.3 Å². The van der Waals surface area contributed by atoms with E-state index in [1.807, 2.05) is 32.9 Å². The van der Waals surface area contributed by atoms with Crippen molar-refractivity contribution in [2.24, 2.45) is 22.4 Å². The average molecular weight is 433 g/mol. The smallest absolute Gasteiger partial charge is 0.371 e. The van der Waals surface area contributed by atoms with Crippen LogP contribution in [0.3, 0.4) is 0 Å². The predicted molar refractivity (Wildman–Crippen MR) is 116 cm³/mol. The van der Waals surface area contributed by atoms with E-state index in [1.54, 1.807) is 6.07 Å². The van der Waals surface area contributed by atoms with Crippen LogP contribution in [0.4, 0.5) is 0 Å². The van der Waals surface area contributed by atoms with E-state index >= 15 is 0 Å². The van der Waals surface area contributed by atoms with Crippen LogP contribution in [0.25, 0.3) is 0 Å². The summed E-state index contributed by atoms with van der Waals surface area (Å²) in [7, 11) is -4.02. The molecule has 4 rings (SSSR count). The number of hydrogen-bond acceptors (Lipinski definition) is 4. The van der Waals surface area contributed by atoms with E-state index in [0.717, 1.165) is 43.2 Å². The SMILES string of the molecule is CC(C)(C)NC(=O)C1=CCC2C3CCc4cc(OS(N)(=O)=O)ccc4C3CC[C@]12C. The molecule has 3 unspecified atom stereocenters. The molecular formula is C23H32N2O4S. The Morgan fingerprint density at radius 2 is 2.00 bits per heavy atom. The van der Waals surface area contributed by atoms with Crippen molar-refractivity contribution in [2.45, 2.75) is 71.3 Å². The van der Waals surface area contributed by atoms with Crippen LogP contribution in [-0.2, 0) is 21.5 Å². The zero-order chi connectivity index (χ0) is 21.9. The number of rotatable bonds is 3. The highest BCUT2D eigenvalue weighted by atomic mass is 32.2. The molecule has 4 atom stereocenters. The van der Waals surface area contributed by atoms with Gasteiger partial charge in [0.2, 0.25) is 5.91 Å². The summed E-state index contributed by atoms with van der Waals surface area (Å²) < 4.78 is 27.4. The number of amides is 1. The zero-order valence-electron chi connectivity index (χ0n) is 18.2. The number of carbonyl (C=O) groups is 1. The molecule has 1 aromatic carbocycles. The lowest BCUT2D eigenvalue weighted by atomic mass is 9.54. The highest BCUT2D eigenvalue weighted by Gasteiger charge is 2.53. The maximum atomic E-state index is 13.0. The molecule has 3 aliphatic carbocycles. The minimum Gasteiger partial charge on any atom is -0.371 e. The van der Waals surface area contributed by atoms with Gasteiger partial charge in [0, 0.05) is 16.5 Å². The molecule has 1 fully saturated rings. The largest absolute Gasteiger partial charge is 0.380 e. The minimum absolute atomic E-state index is 0.0759. The van der Waals surface area contributed by atoms with Crippen LogP contribution in [0.1, 0.15) is 70.4 Å². The summed E-state index contributed by atoms with van der Waals surface area (Å²) in [6.45, 7) is 8.32. The summed E-state index contributed by atoms with van der Waals surface area (Å²) in [5, 5.41) is 8.16. The van der Waals surface area contributed by atoms with E-state index in [0.29, 0.717) is 17.8 Å². The van der Waals surface area contributed by atoms with Crippen molar-refractivity contribution in [3.8, 4) is 5.75 Å². The Bertz CT molecular complexity index is 1010. The molecule has 7 heteroatoms. The number of nitrogens with one attached hydrogen (secondary N) is 1. The number of hydrogen-bond donors (Lipinski definition) is 2. The second kappa shape index (κ2) is 7.09. The van der Waals surface area contributed by atoms with Crippen molar-refractivity contribution in [1.82, 2.24) is 5.32 Å². The Kier molecular flexibility index (Phi) is 5.05. The van der Waals surface area contributed by atoms with Gasteiger partial charge in [-0.15, -0.1) is 0 Å². The van der Waals surface area contributed by atoms with E-state index < -0.39 is 10.3 Å². The summed E-state index contributed by atoms with van der Waals surface area (Å²) in [6, 6.07) is 5.53. The normalized spacial score (nSPS) is 30.6. The van der Waals surface area contributed by atoms with Gasteiger partial charge in [-0.3, -0.25) is 4.79 Å². The van der Waals surface area contributed by atoms with Gasteiger partial charge >= 0.3 is 10.3 Å². The zero-order valence-corrected chi connectivity index (χ0v) is 19.0. The lowest BCUT2D eigenvalue weighted by molar-refractivity contribution is -0.120. The van der Waals surface area contributed by atoms with Gasteiger partial charge in [0.1, 0.15) is 5.75 Å². The first-order valence-electron chi connectivity index (χ1n) is 10.8. The van der Waals surface area contributed by atoms with Crippen molar-refractivity contribution in [3.05, 3.63) is 41.0 Å². The molecule has 0 saturated heterocycles. The third kappa shape index (κ3) is 3.89. The number of fused-ring (bicyclic) bond motifs is 5. The van der Waals surface area contributed by atoms with Gasteiger partial charge in [-0.05, 0) is 93.9 Å². The number of allylic oxidation sites excluding steroid dienone is 1. The standard InChI is InChI=1S/C23H32N2O4S/c1-22(2,3)25-21(26)20-10-9-19-18-7-5-14-13-15(29-30(24,27)28)6-8-16(14)17(18)11-12-23(19,20)4/h6,8,10,13,17-19H,5,7,9,11-12H2,1-4H3,(H,25,26)(H2,24,27,28)/t17?,18?,19?,23-/m0/s1. The summed E-state index contributed by atoms with van der Waals surface area (Å²) in [6.07, 6.45) is 7.06. The quantitative estimate of drug-likeness (QED) is 0.763. The van der Waals surface area contributed by atoms with Crippen LogP contribution < -0.4 is 14.6 Å². The molecule has 3 N–H and O–H groups in total. The molecule has 1 saturated carbocycles.